The summed E-state index contributed by atoms with van der Waals surface area (Å²) in [6.45, 7) is 0. The lowest BCUT2D eigenvalue weighted by Crippen LogP contribution is -2.00. The van der Waals surface area contributed by atoms with Crippen molar-refractivity contribution in [3.8, 4) is 84.9 Å². The second kappa shape index (κ2) is 15.4. The first kappa shape index (κ1) is 35.8. The molecule has 0 aliphatic carbocycles. The minimum Gasteiger partial charge on any atom is -0.309 e. The topological polar surface area (TPSA) is 69.4 Å². The van der Waals surface area contributed by atoms with Crippen molar-refractivity contribution in [2.45, 2.75) is 0 Å². The number of rotatable bonds is 8. The zero-order chi connectivity index (χ0) is 40.5. The van der Waals surface area contributed by atoms with Gasteiger partial charge in [0, 0.05) is 49.8 Å². The van der Waals surface area contributed by atoms with Crippen molar-refractivity contribution in [2.75, 3.05) is 0 Å². The van der Waals surface area contributed by atoms with Crippen molar-refractivity contribution in [1.82, 2.24) is 29.5 Å². The molecule has 0 unspecified atom stereocenters. The first-order valence-corrected chi connectivity index (χ1v) is 20.3. The molecule has 0 aliphatic heterocycles. The summed E-state index contributed by atoms with van der Waals surface area (Å²) in [7, 11) is 0. The summed E-state index contributed by atoms with van der Waals surface area (Å²) in [6, 6.07) is 75.2. The molecule has 286 valence electrons. The van der Waals surface area contributed by atoms with Gasteiger partial charge in [-0.05, 0) is 53.6 Å². The average molecular weight is 781 g/mol. The van der Waals surface area contributed by atoms with Gasteiger partial charge in [0.1, 0.15) is 0 Å². The van der Waals surface area contributed by atoms with E-state index in [1.165, 1.54) is 10.8 Å². The molecule has 6 heteroatoms. The highest BCUT2D eigenvalue weighted by Gasteiger charge is 2.17. The summed E-state index contributed by atoms with van der Waals surface area (Å²) in [4.78, 5) is 25.3. The van der Waals surface area contributed by atoms with Gasteiger partial charge in [-0.3, -0.25) is 0 Å². The van der Waals surface area contributed by atoms with Crippen LogP contribution in [0.5, 0.6) is 0 Å². The Morgan fingerprint density at radius 2 is 0.623 bits per heavy atom. The zero-order valence-electron chi connectivity index (χ0n) is 33.0. The fourth-order valence-corrected chi connectivity index (χ4v) is 8.10. The third kappa shape index (κ3) is 6.92. The number of para-hydroxylation sites is 2. The van der Waals surface area contributed by atoms with Crippen molar-refractivity contribution in [3.05, 3.63) is 218 Å². The van der Waals surface area contributed by atoms with Crippen molar-refractivity contribution in [1.29, 1.82) is 0 Å². The highest BCUT2D eigenvalue weighted by atomic mass is 15.0. The van der Waals surface area contributed by atoms with Gasteiger partial charge in [-0.15, -0.1) is 0 Å². The van der Waals surface area contributed by atoms with Crippen LogP contribution in [0, 0.1) is 0 Å². The maximum Gasteiger partial charge on any atom is 0.164 e. The molecule has 8 aromatic carbocycles. The Labute approximate surface area is 353 Å². The maximum absolute atomic E-state index is 5.28. The molecule has 0 atom stereocenters. The minimum absolute atomic E-state index is 0.613. The van der Waals surface area contributed by atoms with E-state index in [9.17, 15) is 0 Å². The molecule has 0 bridgehead atoms. The second-order valence-electron chi connectivity index (χ2n) is 14.9. The SMILES string of the molecule is c1ccc(-c2cc(-c3cccc(-c4cccc(-c5nc(-c6ccccc6)nc(-c6ccccc6)n5)c4)c3)nc(-c3cccc(-n4c5ccccc5c5ccccc54)c3)n2)cc1. The molecule has 11 rings (SSSR count). The summed E-state index contributed by atoms with van der Waals surface area (Å²) >= 11 is 0. The molecule has 6 nitrogen and oxygen atoms in total. The fourth-order valence-electron chi connectivity index (χ4n) is 8.10. The lowest BCUT2D eigenvalue weighted by Gasteiger charge is -2.13. The van der Waals surface area contributed by atoms with Crippen LogP contribution in [0.2, 0.25) is 0 Å². The summed E-state index contributed by atoms with van der Waals surface area (Å²) in [6.07, 6.45) is 0. The van der Waals surface area contributed by atoms with Gasteiger partial charge in [0.2, 0.25) is 0 Å². The molecule has 61 heavy (non-hydrogen) atoms. The van der Waals surface area contributed by atoms with E-state index in [1.807, 2.05) is 78.9 Å². The van der Waals surface area contributed by atoms with Crippen molar-refractivity contribution < 1.29 is 0 Å². The Balaban J connectivity index is 1.00. The molecule has 0 radical (unpaired) electrons. The van der Waals surface area contributed by atoms with Crippen LogP contribution in [0.1, 0.15) is 0 Å². The predicted molar refractivity (Wildman–Crippen MR) is 248 cm³/mol. The monoisotopic (exact) mass is 780 g/mol. The van der Waals surface area contributed by atoms with Crippen LogP contribution in [0.25, 0.3) is 107 Å². The van der Waals surface area contributed by atoms with E-state index in [0.717, 1.165) is 72.6 Å². The average Bonchev–Trinajstić information content (AvgIpc) is 3.69. The predicted octanol–water partition coefficient (Wildman–Crippen LogP) is 13.4. The highest BCUT2D eigenvalue weighted by Crippen LogP contribution is 2.35. The van der Waals surface area contributed by atoms with E-state index >= 15 is 0 Å². The molecule has 0 fully saturated rings. The third-order valence-electron chi connectivity index (χ3n) is 11.1. The number of hydrogen-bond acceptors (Lipinski definition) is 5. The summed E-state index contributed by atoms with van der Waals surface area (Å²) < 4.78 is 2.33. The number of fused-ring (bicyclic) bond motifs is 3. The molecule has 0 amide bonds. The van der Waals surface area contributed by atoms with Crippen LogP contribution < -0.4 is 0 Å². The van der Waals surface area contributed by atoms with Crippen LogP contribution in [0.4, 0.5) is 0 Å². The third-order valence-corrected chi connectivity index (χ3v) is 11.1. The molecule has 0 saturated carbocycles. The normalized spacial score (nSPS) is 11.3. The number of hydrogen-bond donors (Lipinski definition) is 0. The van der Waals surface area contributed by atoms with Crippen molar-refractivity contribution in [2.24, 2.45) is 0 Å². The van der Waals surface area contributed by atoms with E-state index in [-0.39, 0.29) is 0 Å². The Bertz CT molecular complexity index is 3250. The number of benzene rings is 8. The molecule has 0 spiro atoms. The number of nitrogens with zero attached hydrogens (tertiary/aromatic N) is 6. The standard InChI is InChI=1S/C55H36N6/c1-4-17-37(18-5-1)48-36-49(57-54(56-48)44-27-16-28-45(35-44)61-50-31-12-10-29-46(50)47-30-11-13-32-51(47)61)42-25-14-23-40(33-42)41-24-15-26-43(34-41)55-59-52(38-19-6-2-7-20-38)58-53(60-55)39-21-8-3-9-22-39/h1-36H. The zero-order valence-corrected chi connectivity index (χ0v) is 33.0. The van der Waals surface area contributed by atoms with Gasteiger partial charge in [0.25, 0.3) is 0 Å². The van der Waals surface area contributed by atoms with Crippen LogP contribution >= 0.6 is 0 Å². The molecule has 0 N–H and O–H groups in total. The minimum atomic E-state index is 0.613. The molecule has 3 heterocycles. The second-order valence-corrected chi connectivity index (χ2v) is 14.9. The van der Waals surface area contributed by atoms with Crippen LogP contribution in [0.15, 0.2) is 218 Å². The van der Waals surface area contributed by atoms with Gasteiger partial charge in [-0.2, -0.15) is 0 Å². The fraction of sp³-hybridized carbons (Fsp3) is 0. The van der Waals surface area contributed by atoms with Crippen LogP contribution in [-0.2, 0) is 0 Å². The molecular weight excluding hydrogens is 745 g/mol. The first-order chi connectivity index (χ1) is 30.2. The quantitative estimate of drug-likeness (QED) is 0.154. The van der Waals surface area contributed by atoms with Gasteiger partial charge in [0.15, 0.2) is 23.3 Å². The lowest BCUT2D eigenvalue weighted by atomic mass is 9.99. The molecule has 3 aromatic heterocycles. The van der Waals surface area contributed by atoms with Gasteiger partial charge in [-0.25, -0.2) is 24.9 Å². The smallest absolute Gasteiger partial charge is 0.164 e. The Kier molecular flexibility index (Phi) is 9.06. The van der Waals surface area contributed by atoms with Gasteiger partial charge in [-0.1, -0.05) is 176 Å². The largest absolute Gasteiger partial charge is 0.309 e. The van der Waals surface area contributed by atoms with Crippen LogP contribution in [0.3, 0.4) is 0 Å². The molecular formula is C55H36N6. The lowest BCUT2D eigenvalue weighted by molar-refractivity contribution is 1.07. The van der Waals surface area contributed by atoms with E-state index < -0.39 is 0 Å². The van der Waals surface area contributed by atoms with Crippen molar-refractivity contribution >= 4 is 21.8 Å². The van der Waals surface area contributed by atoms with Crippen molar-refractivity contribution in [3.63, 3.8) is 0 Å². The molecule has 0 aliphatic rings. The van der Waals surface area contributed by atoms with E-state index in [0.29, 0.717) is 23.3 Å². The highest BCUT2D eigenvalue weighted by molar-refractivity contribution is 6.09. The summed E-state index contributed by atoms with van der Waals surface area (Å²) in [5.74, 6) is 2.53. The Morgan fingerprint density at radius 1 is 0.246 bits per heavy atom. The number of aromatic nitrogens is 6. The Hall–Kier alpha value is -8.35. The molecule has 0 saturated heterocycles. The Morgan fingerprint density at radius 3 is 1.20 bits per heavy atom. The summed E-state index contributed by atoms with van der Waals surface area (Å²) in [5, 5.41) is 2.45. The van der Waals surface area contributed by atoms with E-state index in [1.54, 1.807) is 0 Å². The first-order valence-electron chi connectivity index (χ1n) is 20.3. The van der Waals surface area contributed by atoms with Gasteiger partial charge >= 0.3 is 0 Å². The van der Waals surface area contributed by atoms with E-state index in [2.05, 4.69) is 144 Å². The molecule has 11 aromatic rings. The van der Waals surface area contributed by atoms with Crippen LogP contribution in [-0.4, -0.2) is 29.5 Å². The van der Waals surface area contributed by atoms with Gasteiger partial charge < -0.3 is 4.57 Å². The maximum atomic E-state index is 5.28. The summed E-state index contributed by atoms with van der Waals surface area (Å²) in [5.41, 5.74) is 12.9. The van der Waals surface area contributed by atoms with E-state index in [4.69, 9.17) is 24.9 Å². The van der Waals surface area contributed by atoms with Gasteiger partial charge in [0.05, 0.1) is 22.4 Å².